The van der Waals surface area contributed by atoms with Gasteiger partial charge in [0.1, 0.15) is 0 Å². The van der Waals surface area contributed by atoms with Gasteiger partial charge in [0.15, 0.2) is 5.78 Å². The third kappa shape index (κ3) is 3.08. The molecule has 0 amide bonds. The first kappa shape index (κ1) is 14.1. The molecule has 2 heteroatoms. The predicted molar refractivity (Wildman–Crippen MR) is 87.6 cm³/mol. The van der Waals surface area contributed by atoms with Gasteiger partial charge in [-0.25, -0.2) is 0 Å². The number of hydrogen-bond acceptors (Lipinski definition) is 1. The van der Waals surface area contributed by atoms with E-state index in [0.717, 1.165) is 28.1 Å². The highest BCUT2D eigenvalue weighted by molar-refractivity contribution is 6.31. The van der Waals surface area contributed by atoms with Gasteiger partial charge in [-0.15, -0.1) is 0 Å². The molecular weight excluding hydrogens is 280 g/mol. The van der Waals surface area contributed by atoms with Crippen molar-refractivity contribution < 1.29 is 4.79 Å². The fourth-order valence-corrected chi connectivity index (χ4v) is 3.18. The van der Waals surface area contributed by atoms with E-state index >= 15 is 0 Å². The summed E-state index contributed by atoms with van der Waals surface area (Å²) in [6, 6.07) is 16.2. The third-order valence-corrected chi connectivity index (χ3v) is 4.36. The van der Waals surface area contributed by atoms with Gasteiger partial charge in [-0.3, -0.25) is 4.79 Å². The molecule has 1 aliphatic carbocycles. The minimum absolute atomic E-state index is 0.174. The normalized spacial score (nSPS) is 18.5. The minimum atomic E-state index is 0.174. The average Bonchev–Trinajstić information content (AvgIpc) is 2.48. The highest BCUT2D eigenvalue weighted by Gasteiger charge is 2.24. The van der Waals surface area contributed by atoms with Crippen LogP contribution in [0.5, 0.6) is 0 Å². The maximum absolute atomic E-state index is 12.1. The molecule has 0 unspecified atom stereocenters. The SMILES string of the molecule is Cc1ccc(C2=CC(=O)C[C@H](c3ccccc3Cl)C2)cc1. The van der Waals surface area contributed by atoms with Gasteiger partial charge in [0.05, 0.1) is 0 Å². The lowest BCUT2D eigenvalue weighted by Crippen LogP contribution is -2.12. The van der Waals surface area contributed by atoms with E-state index in [-0.39, 0.29) is 11.7 Å². The monoisotopic (exact) mass is 296 g/mol. The Morgan fingerprint density at radius 3 is 2.43 bits per heavy atom. The smallest absolute Gasteiger partial charge is 0.156 e. The zero-order valence-electron chi connectivity index (χ0n) is 12.0. The van der Waals surface area contributed by atoms with Gasteiger partial charge in [-0.1, -0.05) is 59.6 Å². The van der Waals surface area contributed by atoms with Crippen LogP contribution in [0.2, 0.25) is 5.02 Å². The van der Waals surface area contributed by atoms with Gasteiger partial charge < -0.3 is 0 Å². The van der Waals surface area contributed by atoms with Gasteiger partial charge >= 0.3 is 0 Å². The van der Waals surface area contributed by atoms with Crippen LogP contribution in [0.25, 0.3) is 5.57 Å². The Labute approximate surface area is 130 Å². The van der Waals surface area contributed by atoms with Gasteiger partial charge in [0.25, 0.3) is 0 Å². The average molecular weight is 297 g/mol. The van der Waals surface area contributed by atoms with Crippen molar-refractivity contribution in [1.29, 1.82) is 0 Å². The molecule has 0 fully saturated rings. The fraction of sp³-hybridized carbons (Fsp3) is 0.211. The van der Waals surface area contributed by atoms with Crippen LogP contribution in [0, 0.1) is 6.92 Å². The molecule has 0 saturated carbocycles. The van der Waals surface area contributed by atoms with Gasteiger partial charge in [-0.2, -0.15) is 0 Å². The van der Waals surface area contributed by atoms with Crippen LogP contribution in [-0.4, -0.2) is 5.78 Å². The molecule has 0 heterocycles. The van der Waals surface area contributed by atoms with Crippen LogP contribution in [-0.2, 0) is 4.79 Å². The van der Waals surface area contributed by atoms with Crippen molar-refractivity contribution >= 4 is 23.0 Å². The zero-order valence-corrected chi connectivity index (χ0v) is 12.7. The summed E-state index contributed by atoms with van der Waals surface area (Å²) in [5, 5.41) is 0.750. The molecule has 0 aliphatic heterocycles. The lowest BCUT2D eigenvalue weighted by molar-refractivity contribution is -0.115. The molecular formula is C19H17ClO. The molecule has 0 N–H and O–H groups in total. The Balaban J connectivity index is 1.92. The van der Waals surface area contributed by atoms with Gasteiger partial charge in [-0.05, 0) is 48.1 Å². The molecule has 0 radical (unpaired) electrons. The number of hydrogen-bond donors (Lipinski definition) is 0. The highest BCUT2D eigenvalue weighted by Crippen LogP contribution is 2.38. The second-order valence-electron chi connectivity index (χ2n) is 5.63. The Morgan fingerprint density at radius 1 is 1.00 bits per heavy atom. The standard InChI is InChI=1S/C19H17ClO/c1-13-6-8-14(9-7-13)15-10-16(12-17(21)11-15)18-4-2-3-5-19(18)20/h2-9,11,16H,10,12H2,1H3/t16-/m1/s1. The van der Waals surface area contributed by atoms with Crippen molar-refractivity contribution in [1.82, 2.24) is 0 Å². The molecule has 0 aromatic heterocycles. The summed E-state index contributed by atoms with van der Waals surface area (Å²) < 4.78 is 0. The molecule has 1 atom stereocenters. The summed E-state index contributed by atoms with van der Waals surface area (Å²) in [6.07, 6.45) is 3.19. The largest absolute Gasteiger partial charge is 0.295 e. The van der Waals surface area contributed by atoms with Crippen LogP contribution >= 0.6 is 11.6 Å². The molecule has 1 nitrogen and oxygen atoms in total. The van der Waals surface area contributed by atoms with Crippen molar-refractivity contribution in [3.63, 3.8) is 0 Å². The Bertz CT molecular complexity index is 698. The number of ketones is 1. The van der Waals surface area contributed by atoms with Gasteiger partial charge in [0, 0.05) is 11.4 Å². The van der Waals surface area contributed by atoms with Crippen LogP contribution < -0.4 is 0 Å². The second-order valence-corrected chi connectivity index (χ2v) is 6.04. The number of allylic oxidation sites excluding steroid dienone is 2. The Hall–Kier alpha value is -1.86. The number of carbonyl (C=O) groups is 1. The lowest BCUT2D eigenvalue weighted by atomic mass is 9.81. The van der Waals surface area contributed by atoms with Crippen molar-refractivity contribution in [2.24, 2.45) is 0 Å². The van der Waals surface area contributed by atoms with Crippen molar-refractivity contribution in [3.05, 3.63) is 76.3 Å². The second kappa shape index (κ2) is 5.87. The molecule has 1 aliphatic rings. The van der Waals surface area contributed by atoms with E-state index in [1.165, 1.54) is 5.56 Å². The van der Waals surface area contributed by atoms with Crippen molar-refractivity contribution in [2.45, 2.75) is 25.7 Å². The molecule has 0 spiro atoms. The summed E-state index contributed by atoms with van der Waals surface area (Å²) in [4.78, 5) is 12.1. The quantitative estimate of drug-likeness (QED) is 0.746. The predicted octanol–water partition coefficient (Wildman–Crippen LogP) is 5.18. The van der Waals surface area contributed by atoms with Crippen LogP contribution in [0.4, 0.5) is 0 Å². The number of benzene rings is 2. The van der Waals surface area contributed by atoms with E-state index in [1.54, 1.807) is 6.08 Å². The minimum Gasteiger partial charge on any atom is -0.295 e. The third-order valence-electron chi connectivity index (χ3n) is 4.02. The van der Waals surface area contributed by atoms with Gasteiger partial charge in [0.2, 0.25) is 0 Å². The summed E-state index contributed by atoms with van der Waals surface area (Å²) in [5.41, 5.74) is 4.54. The molecule has 0 bridgehead atoms. The summed E-state index contributed by atoms with van der Waals surface area (Å²) in [6.45, 7) is 2.07. The molecule has 21 heavy (non-hydrogen) atoms. The maximum atomic E-state index is 12.1. The molecule has 2 aromatic rings. The van der Waals surface area contributed by atoms with E-state index in [4.69, 9.17) is 11.6 Å². The summed E-state index contributed by atoms with van der Waals surface area (Å²) in [7, 11) is 0. The number of aryl methyl sites for hydroxylation is 1. The van der Waals surface area contributed by atoms with Crippen LogP contribution in [0.15, 0.2) is 54.6 Å². The van der Waals surface area contributed by atoms with E-state index in [1.807, 2.05) is 24.3 Å². The Kier molecular flexibility index (Phi) is 3.94. The first-order valence-corrected chi connectivity index (χ1v) is 7.56. The molecule has 0 saturated heterocycles. The van der Waals surface area contributed by atoms with E-state index in [2.05, 4.69) is 31.2 Å². The topological polar surface area (TPSA) is 17.1 Å². The molecule has 106 valence electrons. The first-order valence-electron chi connectivity index (χ1n) is 7.18. The first-order chi connectivity index (χ1) is 10.1. The molecule has 3 rings (SSSR count). The number of carbonyl (C=O) groups excluding carboxylic acids is 1. The summed E-state index contributed by atoms with van der Waals surface area (Å²) in [5.74, 6) is 0.356. The van der Waals surface area contributed by atoms with E-state index in [9.17, 15) is 4.79 Å². The van der Waals surface area contributed by atoms with E-state index < -0.39 is 0 Å². The van der Waals surface area contributed by atoms with Crippen LogP contribution in [0.3, 0.4) is 0 Å². The number of halogens is 1. The molecule has 2 aromatic carbocycles. The lowest BCUT2D eigenvalue weighted by Gasteiger charge is -2.23. The Morgan fingerprint density at radius 2 is 1.71 bits per heavy atom. The maximum Gasteiger partial charge on any atom is 0.156 e. The van der Waals surface area contributed by atoms with Crippen molar-refractivity contribution in [3.8, 4) is 0 Å². The van der Waals surface area contributed by atoms with E-state index in [0.29, 0.717) is 6.42 Å². The summed E-state index contributed by atoms with van der Waals surface area (Å²) >= 11 is 6.29. The van der Waals surface area contributed by atoms with Crippen molar-refractivity contribution in [2.75, 3.05) is 0 Å². The zero-order chi connectivity index (χ0) is 14.8. The van der Waals surface area contributed by atoms with Crippen LogP contribution in [0.1, 0.15) is 35.4 Å². The number of rotatable bonds is 2. The fourth-order valence-electron chi connectivity index (χ4n) is 2.89. The highest BCUT2D eigenvalue weighted by atomic mass is 35.5.